The van der Waals surface area contributed by atoms with Gasteiger partial charge in [0.1, 0.15) is 34.2 Å². The fourth-order valence-corrected chi connectivity index (χ4v) is 7.23. The van der Waals surface area contributed by atoms with Gasteiger partial charge in [-0.2, -0.15) is 0 Å². The average molecular weight is 745 g/mol. The molecule has 0 aliphatic heterocycles. The van der Waals surface area contributed by atoms with Gasteiger partial charge in [-0.15, -0.1) is 13.2 Å². The minimum atomic E-state index is -0.145. The van der Waals surface area contributed by atoms with Crippen molar-refractivity contribution in [3.63, 3.8) is 0 Å². The molecule has 0 N–H and O–H groups in total. The van der Waals surface area contributed by atoms with Crippen LogP contribution >= 0.6 is 0 Å². The fraction of sp³-hybridized carbons (Fsp3) is 0.451. The molecule has 4 rings (SSSR count). The predicted molar refractivity (Wildman–Crippen MR) is 232 cm³/mol. The van der Waals surface area contributed by atoms with E-state index in [2.05, 4.69) is 138 Å². The molecular weight excluding hydrogens is 677 g/mol. The van der Waals surface area contributed by atoms with Gasteiger partial charge in [0.2, 0.25) is 0 Å². The molecule has 0 atom stereocenters. The molecule has 296 valence electrons. The molecule has 4 nitrogen and oxygen atoms in total. The highest BCUT2D eigenvalue weighted by molar-refractivity contribution is 5.36. The lowest BCUT2D eigenvalue weighted by Gasteiger charge is -2.33. The lowest BCUT2D eigenvalue weighted by molar-refractivity contribution is 0.0479. The molecule has 0 unspecified atom stereocenters. The molecule has 0 aromatic heterocycles. The predicted octanol–water partition coefficient (Wildman–Crippen LogP) is 14.1. The summed E-state index contributed by atoms with van der Waals surface area (Å²) in [5.74, 6) is 3.77. The van der Waals surface area contributed by atoms with Crippen LogP contribution in [0.4, 0.5) is 0 Å². The van der Waals surface area contributed by atoms with Gasteiger partial charge in [-0.05, 0) is 167 Å². The third kappa shape index (κ3) is 14.6. The van der Waals surface area contributed by atoms with E-state index in [-0.39, 0.29) is 11.2 Å². The Labute approximate surface area is 334 Å². The number of allylic oxidation sites excluding steroid dienone is 2. The molecule has 4 heteroatoms. The molecule has 0 fully saturated rings. The molecule has 0 heterocycles. The van der Waals surface area contributed by atoms with Gasteiger partial charge < -0.3 is 18.9 Å². The Kier molecular flexibility index (Phi) is 18.5. The second kappa shape index (κ2) is 23.5. The number of unbranched alkanes of at least 4 members (excludes halogenated alkanes) is 4. The Balaban J connectivity index is 1.15. The second-order valence-electron chi connectivity index (χ2n) is 15.0. The van der Waals surface area contributed by atoms with E-state index in [1.807, 2.05) is 12.2 Å². The summed E-state index contributed by atoms with van der Waals surface area (Å²) < 4.78 is 25.2. The second-order valence-corrected chi connectivity index (χ2v) is 15.0. The van der Waals surface area contributed by atoms with Gasteiger partial charge in [0, 0.05) is 0 Å². The minimum absolute atomic E-state index is 0.101. The molecule has 0 amide bonds. The monoisotopic (exact) mass is 745 g/mol. The molecular formula is C51H68O4. The maximum absolute atomic E-state index is 6.69. The van der Waals surface area contributed by atoms with Crippen LogP contribution in [0.2, 0.25) is 0 Å². The topological polar surface area (TPSA) is 36.9 Å². The van der Waals surface area contributed by atoms with Crippen LogP contribution in [0.1, 0.15) is 133 Å². The normalized spacial score (nSPS) is 11.6. The Morgan fingerprint density at radius 2 is 0.764 bits per heavy atom. The van der Waals surface area contributed by atoms with Gasteiger partial charge in [-0.25, -0.2) is 0 Å². The Morgan fingerprint density at radius 3 is 1.15 bits per heavy atom. The highest BCUT2D eigenvalue weighted by Gasteiger charge is 2.28. The first-order valence-electron chi connectivity index (χ1n) is 21.1. The van der Waals surface area contributed by atoms with Crippen molar-refractivity contribution >= 4 is 0 Å². The van der Waals surface area contributed by atoms with E-state index in [1.165, 1.54) is 22.3 Å². The van der Waals surface area contributed by atoms with Crippen LogP contribution in [-0.4, -0.2) is 24.4 Å². The first kappa shape index (κ1) is 43.3. The van der Waals surface area contributed by atoms with Gasteiger partial charge in [-0.1, -0.05) is 88.4 Å². The van der Waals surface area contributed by atoms with Crippen LogP contribution in [0.3, 0.4) is 0 Å². The van der Waals surface area contributed by atoms with Crippen LogP contribution in [0, 0.1) is 0 Å². The molecule has 0 saturated heterocycles. The SMILES string of the molecule is C=CCCCOc1ccc(Cc2ccc(OC(CC)(CC)CCCCCOc3ccc(Cc4ccc(OC(CC)(CC)CCCC=C)cc4)cc3)cc2)cc1. The summed E-state index contributed by atoms with van der Waals surface area (Å²) in [5, 5.41) is 0. The molecule has 0 bridgehead atoms. The van der Waals surface area contributed by atoms with Crippen LogP contribution in [-0.2, 0) is 12.8 Å². The number of hydrogen-bond donors (Lipinski definition) is 0. The van der Waals surface area contributed by atoms with Crippen LogP contribution in [0.5, 0.6) is 23.0 Å². The first-order chi connectivity index (χ1) is 26.9. The molecule has 0 aliphatic rings. The largest absolute Gasteiger partial charge is 0.494 e. The van der Waals surface area contributed by atoms with E-state index in [1.54, 1.807) is 0 Å². The smallest absolute Gasteiger partial charge is 0.120 e. The highest BCUT2D eigenvalue weighted by Crippen LogP contribution is 2.32. The van der Waals surface area contributed by atoms with E-state index in [9.17, 15) is 0 Å². The first-order valence-corrected chi connectivity index (χ1v) is 21.1. The highest BCUT2D eigenvalue weighted by atomic mass is 16.5. The van der Waals surface area contributed by atoms with Crippen LogP contribution < -0.4 is 18.9 Å². The zero-order chi connectivity index (χ0) is 39.2. The summed E-state index contributed by atoms with van der Waals surface area (Å²) >= 11 is 0. The summed E-state index contributed by atoms with van der Waals surface area (Å²) in [7, 11) is 0. The van der Waals surface area contributed by atoms with Crippen molar-refractivity contribution in [2.75, 3.05) is 13.2 Å². The van der Waals surface area contributed by atoms with Crippen molar-refractivity contribution in [1.82, 2.24) is 0 Å². The molecule has 4 aromatic rings. The van der Waals surface area contributed by atoms with Crippen molar-refractivity contribution in [2.24, 2.45) is 0 Å². The number of rotatable bonds is 28. The standard InChI is InChI=1S/C51H68O4/c1-7-13-16-36-50(9-3,10-4)54-48-32-24-44(25-33-48)41-43-22-30-47(31-23-43)53-39-19-15-17-37-51(11-5,12-6)55-49-34-26-45(27-35-49)40-42-20-28-46(29-21-42)52-38-18-14-8-2/h7-8,20-35H,1-2,9-19,36-41H2,3-6H3. The van der Waals surface area contributed by atoms with Crippen LogP contribution in [0.25, 0.3) is 0 Å². The van der Waals surface area contributed by atoms with E-state index in [0.717, 1.165) is 133 Å². The Morgan fingerprint density at radius 1 is 0.418 bits per heavy atom. The molecule has 0 radical (unpaired) electrons. The quantitative estimate of drug-likeness (QED) is 0.0429. The molecule has 4 aromatic carbocycles. The maximum Gasteiger partial charge on any atom is 0.120 e. The number of benzene rings is 4. The number of ether oxygens (including phenoxy) is 4. The Hall–Kier alpha value is -4.44. The lowest BCUT2D eigenvalue weighted by atomic mass is 9.90. The van der Waals surface area contributed by atoms with Gasteiger partial charge in [0.05, 0.1) is 13.2 Å². The van der Waals surface area contributed by atoms with Gasteiger partial charge in [0.15, 0.2) is 0 Å². The number of hydrogen-bond acceptors (Lipinski definition) is 4. The average Bonchev–Trinajstić information content (AvgIpc) is 3.22. The molecule has 0 spiro atoms. The fourth-order valence-electron chi connectivity index (χ4n) is 7.23. The molecule has 0 saturated carbocycles. The van der Waals surface area contributed by atoms with E-state index >= 15 is 0 Å². The zero-order valence-corrected chi connectivity index (χ0v) is 34.5. The van der Waals surface area contributed by atoms with Crippen molar-refractivity contribution in [3.05, 3.63) is 145 Å². The van der Waals surface area contributed by atoms with E-state index < -0.39 is 0 Å². The summed E-state index contributed by atoms with van der Waals surface area (Å²) in [5.41, 5.74) is 4.86. The van der Waals surface area contributed by atoms with Gasteiger partial charge >= 0.3 is 0 Å². The summed E-state index contributed by atoms with van der Waals surface area (Å²) in [6.45, 7) is 18.0. The van der Waals surface area contributed by atoms with Crippen molar-refractivity contribution in [1.29, 1.82) is 0 Å². The molecule has 0 aliphatic carbocycles. The zero-order valence-electron chi connectivity index (χ0n) is 34.5. The van der Waals surface area contributed by atoms with E-state index in [4.69, 9.17) is 18.9 Å². The third-order valence-electron chi connectivity index (χ3n) is 11.2. The van der Waals surface area contributed by atoms with E-state index in [0.29, 0.717) is 0 Å². The summed E-state index contributed by atoms with van der Waals surface area (Å²) in [4.78, 5) is 0. The minimum Gasteiger partial charge on any atom is -0.494 e. The summed E-state index contributed by atoms with van der Waals surface area (Å²) in [6.07, 6.45) is 19.2. The van der Waals surface area contributed by atoms with Crippen molar-refractivity contribution in [3.8, 4) is 23.0 Å². The van der Waals surface area contributed by atoms with Crippen LogP contribution in [0.15, 0.2) is 122 Å². The third-order valence-corrected chi connectivity index (χ3v) is 11.2. The molecule has 55 heavy (non-hydrogen) atoms. The van der Waals surface area contributed by atoms with Gasteiger partial charge in [-0.3, -0.25) is 0 Å². The maximum atomic E-state index is 6.69. The van der Waals surface area contributed by atoms with Crippen molar-refractivity contribution in [2.45, 2.75) is 135 Å². The summed E-state index contributed by atoms with van der Waals surface area (Å²) in [6, 6.07) is 34.3. The lowest BCUT2D eigenvalue weighted by Crippen LogP contribution is -2.34. The van der Waals surface area contributed by atoms with Gasteiger partial charge in [0.25, 0.3) is 0 Å². The van der Waals surface area contributed by atoms with Crippen molar-refractivity contribution < 1.29 is 18.9 Å². The Bertz CT molecular complexity index is 1630.